The van der Waals surface area contributed by atoms with E-state index >= 15 is 0 Å². The fourth-order valence-corrected chi connectivity index (χ4v) is 2.58. The summed E-state index contributed by atoms with van der Waals surface area (Å²) in [5, 5.41) is 9.34. The summed E-state index contributed by atoms with van der Waals surface area (Å²) < 4.78 is 5.09. The molecule has 7 heteroatoms. The first-order valence-corrected chi connectivity index (χ1v) is 10.0. The molecule has 0 bridgehead atoms. The summed E-state index contributed by atoms with van der Waals surface area (Å²) in [5.74, 6) is 2.62. The third kappa shape index (κ3) is 9.24. The zero-order chi connectivity index (χ0) is 18.3. The minimum Gasteiger partial charge on any atom is -0.497 e. The lowest BCUT2D eigenvalue weighted by molar-refractivity contribution is 0.0954. The average molecular weight is 367 g/mol. The highest BCUT2D eigenvalue weighted by Crippen LogP contribution is 2.10. The number of aliphatic imine (C=N–C) groups is 1. The van der Waals surface area contributed by atoms with Gasteiger partial charge in [0.25, 0.3) is 5.91 Å². The largest absolute Gasteiger partial charge is 0.497 e. The summed E-state index contributed by atoms with van der Waals surface area (Å²) in [4.78, 5) is 16.6. The molecule has 25 heavy (non-hydrogen) atoms. The van der Waals surface area contributed by atoms with E-state index in [0.29, 0.717) is 18.7 Å². The van der Waals surface area contributed by atoms with Crippen molar-refractivity contribution in [1.82, 2.24) is 16.0 Å². The number of rotatable bonds is 11. The summed E-state index contributed by atoms with van der Waals surface area (Å²) in [7, 11) is 1.60. The van der Waals surface area contributed by atoms with Crippen LogP contribution in [0.2, 0.25) is 0 Å². The Kier molecular flexibility index (Phi) is 11.3. The van der Waals surface area contributed by atoms with Gasteiger partial charge in [-0.2, -0.15) is 11.8 Å². The van der Waals surface area contributed by atoms with E-state index in [2.05, 4.69) is 27.2 Å². The number of hydrogen-bond donors (Lipinski definition) is 3. The number of methoxy groups -OCH3 is 1. The SMILES string of the molecule is CCNC(=NCCCCSC)NCCNC(=O)c1ccc(OC)cc1. The number of hydrogen-bond acceptors (Lipinski definition) is 4. The number of carbonyl (C=O) groups is 1. The van der Waals surface area contributed by atoms with E-state index in [9.17, 15) is 4.79 Å². The Bertz CT molecular complexity index is 520. The van der Waals surface area contributed by atoms with Crippen LogP contribution in [0.4, 0.5) is 0 Å². The van der Waals surface area contributed by atoms with Gasteiger partial charge in [-0.1, -0.05) is 0 Å². The molecule has 140 valence electrons. The summed E-state index contributed by atoms with van der Waals surface area (Å²) in [6.07, 6.45) is 4.39. The number of unbranched alkanes of at least 4 members (excludes halogenated alkanes) is 1. The Morgan fingerprint density at radius 3 is 2.48 bits per heavy atom. The van der Waals surface area contributed by atoms with E-state index in [-0.39, 0.29) is 5.91 Å². The topological polar surface area (TPSA) is 74.8 Å². The molecule has 0 aliphatic rings. The van der Waals surface area contributed by atoms with Gasteiger partial charge in [0.2, 0.25) is 0 Å². The van der Waals surface area contributed by atoms with Crippen LogP contribution in [-0.2, 0) is 0 Å². The van der Waals surface area contributed by atoms with Crippen LogP contribution in [0.25, 0.3) is 0 Å². The van der Waals surface area contributed by atoms with Crippen LogP contribution in [0, 0.1) is 0 Å². The van der Waals surface area contributed by atoms with Gasteiger partial charge in [0.15, 0.2) is 5.96 Å². The maximum absolute atomic E-state index is 12.1. The van der Waals surface area contributed by atoms with E-state index in [4.69, 9.17) is 4.74 Å². The number of carbonyl (C=O) groups excluding carboxylic acids is 1. The molecule has 1 aromatic rings. The lowest BCUT2D eigenvalue weighted by atomic mass is 10.2. The van der Waals surface area contributed by atoms with E-state index in [1.807, 2.05) is 18.7 Å². The maximum Gasteiger partial charge on any atom is 0.251 e. The number of nitrogens with one attached hydrogen (secondary N) is 3. The normalized spacial score (nSPS) is 11.1. The van der Waals surface area contributed by atoms with Crippen molar-refractivity contribution < 1.29 is 9.53 Å². The molecule has 0 heterocycles. The number of amides is 1. The molecule has 0 unspecified atom stereocenters. The van der Waals surface area contributed by atoms with Gasteiger partial charge in [-0.3, -0.25) is 9.79 Å². The van der Waals surface area contributed by atoms with Crippen molar-refractivity contribution in [2.24, 2.45) is 4.99 Å². The third-order valence-corrected chi connectivity index (χ3v) is 4.12. The van der Waals surface area contributed by atoms with Crippen LogP contribution in [0.3, 0.4) is 0 Å². The molecular formula is C18H30N4O2S. The summed E-state index contributed by atoms with van der Waals surface area (Å²) in [5.41, 5.74) is 0.621. The molecule has 3 N–H and O–H groups in total. The summed E-state index contributed by atoms with van der Waals surface area (Å²) >= 11 is 1.86. The molecule has 0 spiro atoms. The molecule has 0 saturated carbocycles. The highest BCUT2D eigenvalue weighted by atomic mass is 32.2. The maximum atomic E-state index is 12.1. The predicted octanol–water partition coefficient (Wildman–Crippen LogP) is 2.12. The van der Waals surface area contributed by atoms with Gasteiger partial charge in [-0.15, -0.1) is 0 Å². The predicted molar refractivity (Wildman–Crippen MR) is 107 cm³/mol. The molecule has 0 fully saturated rings. The summed E-state index contributed by atoms with van der Waals surface area (Å²) in [6, 6.07) is 7.06. The first kappa shape index (κ1) is 21.2. The van der Waals surface area contributed by atoms with Crippen LogP contribution >= 0.6 is 11.8 Å². The van der Waals surface area contributed by atoms with Crippen LogP contribution in [-0.4, -0.2) is 57.2 Å². The minimum absolute atomic E-state index is 0.0940. The fraction of sp³-hybridized carbons (Fsp3) is 0.556. The molecule has 0 saturated heterocycles. The molecule has 0 aromatic heterocycles. The second kappa shape index (κ2) is 13.4. The zero-order valence-corrected chi connectivity index (χ0v) is 16.2. The monoisotopic (exact) mass is 366 g/mol. The van der Waals surface area contributed by atoms with Crippen molar-refractivity contribution >= 4 is 23.6 Å². The molecule has 6 nitrogen and oxygen atoms in total. The second-order valence-electron chi connectivity index (χ2n) is 5.37. The zero-order valence-electron chi connectivity index (χ0n) is 15.4. The van der Waals surface area contributed by atoms with E-state index < -0.39 is 0 Å². The average Bonchev–Trinajstić information content (AvgIpc) is 2.64. The van der Waals surface area contributed by atoms with Crippen molar-refractivity contribution in [2.45, 2.75) is 19.8 Å². The quantitative estimate of drug-likeness (QED) is 0.318. The summed E-state index contributed by atoms with van der Waals surface area (Å²) in [6.45, 7) is 4.82. The van der Waals surface area contributed by atoms with Gasteiger partial charge >= 0.3 is 0 Å². The first-order valence-electron chi connectivity index (χ1n) is 8.64. The number of nitrogens with zero attached hydrogens (tertiary/aromatic N) is 1. The van der Waals surface area contributed by atoms with Crippen LogP contribution < -0.4 is 20.7 Å². The Morgan fingerprint density at radius 2 is 1.84 bits per heavy atom. The minimum atomic E-state index is -0.0940. The molecular weight excluding hydrogens is 336 g/mol. The molecule has 0 aliphatic heterocycles. The number of benzene rings is 1. The number of guanidine groups is 1. The lowest BCUT2D eigenvalue weighted by Crippen LogP contribution is -2.41. The molecule has 0 atom stereocenters. The first-order chi connectivity index (χ1) is 12.2. The van der Waals surface area contributed by atoms with Crippen molar-refractivity contribution in [1.29, 1.82) is 0 Å². The van der Waals surface area contributed by atoms with E-state index in [0.717, 1.165) is 31.2 Å². The van der Waals surface area contributed by atoms with Crippen molar-refractivity contribution in [3.63, 3.8) is 0 Å². The van der Waals surface area contributed by atoms with Gasteiger partial charge in [-0.05, 0) is 56.0 Å². The molecule has 1 aromatic carbocycles. The fourth-order valence-electron chi connectivity index (χ4n) is 2.09. The van der Waals surface area contributed by atoms with Crippen LogP contribution in [0.15, 0.2) is 29.3 Å². The Hall–Kier alpha value is -1.89. The smallest absolute Gasteiger partial charge is 0.251 e. The third-order valence-electron chi connectivity index (χ3n) is 3.43. The number of ether oxygens (including phenoxy) is 1. The molecule has 0 radical (unpaired) electrons. The van der Waals surface area contributed by atoms with E-state index in [1.54, 1.807) is 31.4 Å². The van der Waals surface area contributed by atoms with Gasteiger partial charge in [0.05, 0.1) is 7.11 Å². The van der Waals surface area contributed by atoms with Crippen molar-refractivity contribution in [3.05, 3.63) is 29.8 Å². The van der Waals surface area contributed by atoms with E-state index in [1.165, 1.54) is 12.2 Å². The number of thioether (sulfide) groups is 1. The highest BCUT2D eigenvalue weighted by Gasteiger charge is 2.05. The van der Waals surface area contributed by atoms with Gasteiger partial charge < -0.3 is 20.7 Å². The lowest BCUT2D eigenvalue weighted by Gasteiger charge is -2.12. The van der Waals surface area contributed by atoms with Gasteiger partial charge in [0.1, 0.15) is 5.75 Å². The second-order valence-corrected chi connectivity index (χ2v) is 6.36. The Morgan fingerprint density at radius 1 is 1.12 bits per heavy atom. The van der Waals surface area contributed by atoms with Gasteiger partial charge in [0, 0.05) is 31.7 Å². The molecule has 1 rings (SSSR count). The Labute approximate surface area is 155 Å². The molecule has 0 aliphatic carbocycles. The highest BCUT2D eigenvalue weighted by molar-refractivity contribution is 7.98. The van der Waals surface area contributed by atoms with Crippen LogP contribution in [0.1, 0.15) is 30.1 Å². The molecule has 1 amide bonds. The standard InChI is InChI=1S/C18H30N4O2S/c1-4-19-18(21-11-5-6-14-25-3)22-13-12-20-17(23)15-7-9-16(24-2)10-8-15/h7-10H,4-6,11-14H2,1-3H3,(H,20,23)(H2,19,21,22). The van der Waals surface area contributed by atoms with Crippen molar-refractivity contribution in [3.8, 4) is 5.75 Å². The Balaban J connectivity index is 2.29. The van der Waals surface area contributed by atoms with Gasteiger partial charge in [-0.25, -0.2) is 0 Å². The van der Waals surface area contributed by atoms with Crippen molar-refractivity contribution in [2.75, 3.05) is 45.3 Å². The van der Waals surface area contributed by atoms with Crippen LogP contribution in [0.5, 0.6) is 5.75 Å².